The summed E-state index contributed by atoms with van der Waals surface area (Å²) in [6.07, 6.45) is 2.37. The van der Waals surface area contributed by atoms with Gasteiger partial charge in [-0.2, -0.15) is 14.5 Å². The molecule has 0 spiro atoms. The monoisotopic (exact) mass is 496 g/mol. The molecule has 2 aromatic carbocycles. The van der Waals surface area contributed by atoms with Crippen LogP contribution >= 0.6 is 34.2 Å². The largest absolute Gasteiger partial charge is 0.436 e. The topological polar surface area (TPSA) is 76.5 Å². The molecule has 27 heavy (non-hydrogen) atoms. The first-order chi connectivity index (χ1) is 13.0. The van der Waals surface area contributed by atoms with Crippen LogP contribution in [0.4, 0.5) is 4.39 Å². The van der Waals surface area contributed by atoms with Gasteiger partial charge < -0.3 is 4.74 Å². The second-order valence-electron chi connectivity index (χ2n) is 5.18. The van der Waals surface area contributed by atoms with E-state index < -0.39 is 5.82 Å². The van der Waals surface area contributed by atoms with Crippen LogP contribution < -0.4 is 10.2 Å². The predicted octanol–water partition coefficient (Wildman–Crippen LogP) is 4.43. The normalized spacial score (nSPS) is 10.8. The van der Waals surface area contributed by atoms with E-state index in [-0.39, 0.29) is 17.1 Å². The summed E-state index contributed by atoms with van der Waals surface area (Å²) >= 11 is 7.77. The van der Waals surface area contributed by atoms with Gasteiger partial charge in [-0.15, -0.1) is 0 Å². The molecule has 0 unspecified atom stereocenters. The van der Waals surface area contributed by atoms with Crippen molar-refractivity contribution in [1.82, 2.24) is 15.4 Å². The Morgan fingerprint density at radius 2 is 2.07 bits per heavy atom. The summed E-state index contributed by atoms with van der Waals surface area (Å²) in [5, 5.41) is 3.80. The second kappa shape index (κ2) is 8.87. The zero-order valence-electron chi connectivity index (χ0n) is 13.6. The first-order valence-corrected chi connectivity index (χ1v) is 9.02. The number of nitrogens with zero attached hydrogens (tertiary/aromatic N) is 3. The van der Waals surface area contributed by atoms with E-state index in [9.17, 15) is 9.18 Å². The number of amides is 1. The van der Waals surface area contributed by atoms with Crippen LogP contribution in [0.2, 0.25) is 5.28 Å². The zero-order valence-corrected chi connectivity index (χ0v) is 16.5. The molecule has 0 bridgehead atoms. The maximum atomic E-state index is 13.7. The molecule has 0 aliphatic heterocycles. The Morgan fingerprint density at radius 1 is 1.26 bits per heavy atom. The fourth-order valence-electron chi connectivity index (χ4n) is 2.03. The average Bonchev–Trinajstić information content (AvgIpc) is 2.65. The molecule has 0 saturated heterocycles. The summed E-state index contributed by atoms with van der Waals surface area (Å²) in [5.74, 6) is -1.01. The number of benzene rings is 2. The minimum absolute atomic E-state index is 0.123. The molecule has 0 saturated carbocycles. The van der Waals surface area contributed by atoms with Crippen LogP contribution in [0.1, 0.15) is 15.9 Å². The molecule has 1 amide bonds. The summed E-state index contributed by atoms with van der Waals surface area (Å²) in [6.45, 7) is 0. The standard InChI is InChI=1S/C18H11ClFIN4O2/c19-18-22-10-15(20)17(24-18)27-14-6-1-3-11(7-14)9-23-25-16(26)12-4-2-5-13(21)8-12/h1-10H,(H,25,26). The molecule has 1 aromatic heterocycles. The molecule has 1 heterocycles. The lowest BCUT2D eigenvalue weighted by molar-refractivity contribution is 0.0955. The van der Waals surface area contributed by atoms with Gasteiger partial charge in [0.15, 0.2) is 0 Å². The smallest absolute Gasteiger partial charge is 0.271 e. The Morgan fingerprint density at radius 3 is 2.89 bits per heavy atom. The molecule has 0 atom stereocenters. The average molecular weight is 497 g/mol. The molecule has 3 rings (SSSR count). The van der Waals surface area contributed by atoms with Crippen LogP contribution in [0.25, 0.3) is 0 Å². The molecular weight excluding hydrogens is 486 g/mol. The lowest BCUT2D eigenvalue weighted by Crippen LogP contribution is -2.17. The molecule has 1 N–H and O–H groups in total. The van der Waals surface area contributed by atoms with Crippen LogP contribution in [-0.4, -0.2) is 22.1 Å². The van der Waals surface area contributed by atoms with Crippen LogP contribution in [0, 0.1) is 9.39 Å². The summed E-state index contributed by atoms with van der Waals surface area (Å²) in [5.41, 5.74) is 3.59. The molecule has 0 fully saturated rings. The van der Waals surface area contributed by atoms with E-state index in [1.165, 1.54) is 6.21 Å². The Bertz CT molecular complexity index is 1020. The third kappa shape index (κ3) is 5.44. The molecule has 0 aliphatic rings. The Hall–Kier alpha value is -2.59. The van der Waals surface area contributed by atoms with E-state index in [1.54, 1.807) is 42.5 Å². The van der Waals surface area contributed by atoms with E-state index in [1.807, 2.05) is 6.07 Å². The maximum Gasteiger partial charge on any atom is 0.271 e. The minimum Gasteiger partial charge on any atom is -0.436 e. The van der Waals surface area contributed by atoms with Gasteiger partial charge in [0.05, 0.1) is 12.4 Å². The van der Waals surface area contributed by atoms with E-state index in [0.717, 1.165) is 9.77 Å². The number of hydrogen-bond donors (Lipinski definition) is 1. The van der Waals surface area contributed by atoms with Crippen molar-refractivity contribution in [2.24, 2.45) is 5.10 Å². The third-order valence-corrected chi connectivity index (χ3v) is 4.07. The number of ether oxygens (including phenoxy) is 1. The van der Waals surface area contributed by atoms with Gasteiger partial charge in [0.2, 0.25) is 11.1 Å². The van der Waals surface area contributed by atoms with Gasteiger partial charge in [0.25, 0.3) is 11.8 Å². The third-order valence-electron chi connectivity index (χ3n) is 3.22. The van der Waals surface area contributed by atoms with E-state index in [0.29, 0.717) is 16.9 Å². The fraction of sp³-hybridized carbons (Fsp3) is 0. The van der Waals surface area contributed by atoms with Crippen molar-refractivity contribution < 1.29 is 13.9 Å². The van der Waals surface area contributed by atoms with Gasteiger partial charge in [-0.25, -0.2) is 10.4 Å². The number of rotatable bonds is 5. The van der Waals surface area contributed by atoms with Crippen molar-refractivity contribution in [2.45, 2.75) is 0 Å². The van der Waals surface area contributed by atoms with Crippen LogP contribution in [-0.2, 0) is 0 Å². The van der Waals surface area contributed by atoms with Gasteiger partial charge in [-0.1, -0.05) is 18.2 Å². The molecule has 0 aliphatic carbocycles. The van der Waals surface area contributed by atoms with Crippen molar-refractivity contribution in [3.8, 4) is 11.6 Å². The number of carbonyl (C=O) groups is 1. The highest BCUT2D eigenvalue weighted by molar-refractivity contribution is 14.1. The Balaban J connectivity index is 1.67. The lowest BCUT2D eigenvalue weighted by Gasteiger charge is -2.06. The molecule has 0 radical (unpaired) electrons. The van der Waals surface area contributed by atoms with Crippen molar-refractivity contribution in [1.29, 1.82) is 0 Å². The quantitative estimate of drug-likeness (QED) is 0.245. The number of hydrazone groups is 1. The highest BCUT2D eigenvalue weighted by atomic mass is 127. The number of aromatic nitrogens is 2. The summed E-state index contributed by atoms with van der Waals surface area (Å²) < 4.78 is 20.0. The van der Waals surface area contributed by atoms with Gasteiger partial charge in [0, 0.05) is 9.13 Å². The maximum absolute atomic E-state index is 13.7. The van der Waals surface area contributed by atoms with Crippen molar-refractivity contribution >= 4 is 46.3 Å². The van der Waals surface area contributed by atoms with Crippen LogP contribution in [0.5, 0.6) is 11.6 Å². The van der Waals surface area contributed by atoms with Gasteiger partial charge in [-0.05, 0) is 70.1 Å². The zero-order chi connectivity index (χ0) is 19.2. The molecule has 9 heteroatoms. The van der Waals surface area contributed by atoms with E-state index in [2.05, 4.69) is 43.1 Å². The molecular formula is C18H11ClFIN4O2. The predicted molar refractivity (Wildman–Crippen MR) is 108 cm³/mol. The number of carbonyl (C=O) groups excluding carboxylic acids is 1. The highest BCUT2D eigenvalue weighted by Gasteiger charge is 2.09. The minimum atomic E-state index is -0.733. The lowest BCUT2D eigenvalue weighted by atomic mass is 10.2. The van der Waals surface area contributed by atoms with Gasteiger partial charge >= 0.3 is 0 Å². The summed E-state index contributed by atoms with van der Waals surface area (Å²) in [4.78, 5) is 19.3. The fourth-order valence-corrected chi connectivity index (χ4v) is 2.70. The Labute approximate surface area is 172 Å². The van der Waals surface area contributed by atoms with Crippen molar-refractivity contribution in [3.63, 3.8) is 0 Å². The number of halogens is 3. The Kier molecular flexibility index (Phi) is 6.30. The first kappa shape index (κ1) is 19.2. The van der Waals surface area contributed by atoms with E-state index in [4.69, 9.17) is 16.3 Å². The molecule has 136 valence electrons. The van der Waals surface area contributed by atoms with E-state index >= 15 is 0 Å². The SMILES string of the molecule is O=C(NN=Cc1cccc(Oc2nc(Cl)ncc2F)c1)c1cccc(I)c1. The van der Waals surface area contributed by atoms with Gasteiger partial charge in [-0.3, -0.25) is 4.79 Å². The summed E-state index contributed by atoms with van der Waals surface area (Å²) in [6, 6.07) is 13.8. The second-order valence-corrected chi connectivity index (χ2v) is 6.76. The highest BCUT2D eigenvalue weighted by Crippen LogP contribution is 2.23. The molecule has 6 nitrogen and oxygen atoms in total. The number of hydrogen-bond acceptors (Lipinski definition) is 5. The first-order valence-electron chi connectivity index (χ1n) is 7.56. The van der Waals surface area contributed by atoms with Crippen molar-refractivity contribution in [2.75, 3.05) is 0 Å². The summed E-state index contributed by atoms with van der Waals surface area (Å²) in [7, 11) is 0. The van der Waals surface area contributed by atoms with Gasteiger partial charge in [0.1, 0.15) is 5.75 Å². The van der Waals surface area contributed by atoms with Crippen molar-refractivity contribution in [3.05, 3.63) is 80.5 Å². The molecule has 3 aromatic rings. The van der Waals surface area contributed by atoms with Crippen LogP contribution in [0.3, 0.4) is 0 Å². The van der Waals surface area contributed by atoms with Crippen LogP contribution in [0.15, 0.2) is 59.8 Å². The number of nitrogens with one attached hydrogen (secondary N) is 1.